The minimum absolute atomic E-state index is 0.00325. The number of para-hydroxylation sites is 1. The summed E-state index contributed by atoms with van der Waals surface area (Å²) < 4.78 is 21.1. The highest BCUT2D eigenvalue weighted by atomic mass is 32.1. The van der Waals surface area contributed by atoms with Crippen LogP contribution in [0.2, 0.25) is 0 Å². The van der Waals surface area contributed by atoms with Crippen molar-refractivity contribution in [1.29, 1.82) is 0 Å². The van der Waals surface area contributed by atoms with Gasteiger partial charge in [0, 0.05) is 92.8 Å². The number of phenols is 1. The summed E-state index contributed by atoms with van der Waals surface area (Å²) in [6.45, 7) is 13.6. The quantitative estimate of drug-likeness (QED) is 0.0236. The number of aryl methyl sites for hydroxylation is 2. The summed E-state index contributed by atoms with van der Waals surface area (Å²) in [5, 5.41) is 32.1. The van der Waals surface area contributed by atoms with Gasteiger partial charge < -0.3 is 45.1 Å². The van der Waals surface area contributed by atoms with E-state index in [4.69, 9.17) is 24.1 Å². The van der Waals surface area contributed by atoms with Gasteiger partial charge in [0.05, 0.1) is 5.56 Å². The van der Waals surface area contributed by atoms with Gasteiger partial charge in [0.2, 0.25) is 31.3 Å². The molecular weight excluding hydrogens is 1740 g/mol. The maximum atomic E-state index is 12.4. The predicted molar refractivity (Wildman–Crippen MR) is 530 cm³/mol. The van der Waals surface area contributed by atoms with Crippen LogP contribution in [0, 0.1) is 13.8 Å². The fourth-order valence-corrected chi connectivity index (χ4v) is 12.7. The fourth-order valence-electron chi connectivity index (χ4n) is 10.6. The summed E-state index contributed by atoms with van der Waals surface area (Å²) in [6, 6.07) is 63.6. The molecule has 7 aromatic carbocycles. The summed E-state index contributed by atoms with van der Waals surface area (Å²) >= 11 is 4.88. The van der Waals surface area contributed by atoms with E-state index >= 15 is 0 Å². The fraction of sp³-hybridized carbons (Fsp3) is 0.103. The molecule has 0 atom stereocenters. The second kappa shape index (κ2) is 57.4. The second-order valence-corrected chi connectivity index (χ2v) is 31.5. The molecule has 3 amide bonds. The summed E-state index contributed by atoms with van der Waals surface area (Å²) in [5.41, 5.74) is 11.2. The molecule has 0 unspecified atom stereocenters. The number of rotatable bonds is 27. The van der Waals surface area contributed by atoms with Crippen LogP contribution in [0.25, 0.3) is 54.7 Å². The molecule has 0 aliphatic carbocycles. The number of thiophene rings is 3. The van der Waals surface area contributed by atoms with Crippen LogP contribution in [0.5, 0.6) is 28.7 Å². The Morgan fingerprint density at radius 3 is 1.35 bits per heavy atom. The number of hydrogen-bond donors (Lipinski definition) is 5. The number of aliphatic carboxylic acids is 1. The van der Waals surface area contributed by atoms with E-state index in [-0.39, 0.29) is 83.8 Å². The molecule has 2 aliphatic rings. The Bertz CT molecular complexity index is 6130. The highest BCUT2D eigenvalue weighted by molar-refractivity contribution is 7.12. The molecule has 5 aromatic heterocycles. The van der Waals surface area contributed by atoms with Gasteiger partial charge in [0.15, 0.2) is 69.3 Å². The van der Waals surface area contributed by atoms with E-state index in [0.29, 0.717) is 39.8 Å². The summed E-state index contributed by atoms with van der Waals surface area (Å²) in [7, 11) is 0. The SMILES string of the molecule is CC(=O)/C=C/c1ccc(CC(=O)c2ccccc2O)cc1.CC(=O)/C=C/c1ccc(NC(=O)/C=C/C(=O)O)cc1.CC(=O)/C=C/c1cccnc1.CC(=O)/C=C/c1cccs1.CC(=O)/C=C/c1ccncc1.CC(=O)/C=C/c1ccsc1.Cc1ccc(/C=C/C(=O)c2cccc(NC(=O)/C=C/c3ccc4c(c3)OCO4)c2)s1.Cc1ccc(NC(=O)/C=C/c2ccc3c(c2)OCO3)cc1. The number of hydrogen-bond acceptors (Lipinski definition) is 22. The Morgan fingerprint density at radius 1 is 0.376 bits per heavy atom. The van der Waals surface area contributed by atoms with Gasteiger partial charge in [-0.2, -0.15) is 11.3 Å². The first-order valence-electron chi connectivity index (χ1n) is 40.9. The molecule has 0 spiro atoms. The van der Waals surface area contributed by atoms with Crippen molar-refractivity contribution < 1.29 is 86.7 Å². The Hall–Kier alpha value is -16.4. The Labute approximate surface area is 783 Å². The lowest BCUT2D eigenvalue weighted by Gasteiger charge is -2.04. The average molecular weight is 1840 g/mol. The molecule has 7 heterocycles. The number of Topliss-reactive ketones (excluding diaryl/α,β-unsaturated/α-hetero) is 1. The second-order valence-electron chi connectivity index (χ2n) is 28.4. The van der Waals surface area contributed by atoms with E-state index in [9.17, 15) is 62.6 Å². The smallest absolute Gasteiger partial charge is 0.328 e. The largest absolute Gasteiger partial charge is 0.507 e. The molecule has 5 N–H and O–H groups in total. The average Bonchev–Trinajstić information content (AvgIpc) is 1.71. The lowest BCUT2D eigenvalue weighted by Crippen LogP contribution is -2.08. The molecule has 0 saturated heterocycles. The Balaban J connectivity index is 0.000000214. The van der Waals surface area contributed by atoms with Crippen molar-refractivity contribution in [2.45, 2.75) is 61.8 Å². The monoisotopic (exact) mass is 1840 g/mol. The molecular formula is C107H97N5O18S3. The van der Waals surface area contributed by atoms with Gasteiger partial charge >= 0.3 is 5.97 Å². The first kappa shape index (κ1) is 104. The number of nitrogens with zero attached hydrogens (tertiary/aromatic N) is 2. The number of aromatic nitrogens is 2. The third kappa shape index (κ3) is 43.3. The van der Waals surface area contributed by atoms with Crippen molar-refractivity contribution in [1.82, 2.24) is 9.97 Å². The van der Waals surface area contributed by atoms with E-state index in [1.807, 2.05) is 176 Å². The molecule has 0 fully saturated rings. The third-order valence-electron chi connectivity index (χ3n) is 17.2. The van der Waals surface area contributed by atoms with Crippen LogP contribution < -0.4 is 34.9 Å². The van der Waals surface area contributed by atoms with Crippen LogP contribution in [0.3, 0.4) is 0 Å². The topological polar surface area (TPSA) is 344 Å². The first-order chi connectivity index (χ1) is 63.9. The first-order valence-corrected chi connectivity index (χ1v) is 43.5. The van der Waals surface area contributed by atoms with Gasteiger partial charge in [-0.05, 0) is 304 Å². The number of benzene rings is 7. The summed E-state index contributed by atoms with van der Waals surface area (Å²) in [4.78, 5) is 145. The molecule has 14 rings (SSSR count). The number of ether oxygens (including phenoxy) is 4. The number of pyridine rings is 2. The van der Waals surface area contributed by atoms with Gasteiger partial charge in [-0.15, -0.1) is 22.7 Å². The minimum atomic E-state index is -1.18. The zero-order valence-corrected chi connectivity index (χ0v) is 76.4. The molecule has 12 aromatic rings. The van der Waals surface area contributed by atoms with Crippen LogP contribution >= 0.6 is 34.0 Å². The van der Waals surface area contributed by atoms with Gasteiger partial charge in [-0.25, -0.2) is 4.79 Å². The summed E-state index contributed by atoms with van der Waals surface area (Å²) in [5.74, 6) is 0.632. The number of amides is 3. The lowest BCUT2D eigenvalue weighted by molar-refractivity contribution is -0.131. The molecule has 676 valence electrons. The zero-order chi connectivity index (χ0) is 96.1. The molecule has 0 saturated carbocycles. The van der Waals surface area contributed by atoms with E-state index < -0.39 is 11.9 Å². The van der Waals surface area contributed by atoms with E-state index in [1.165, 1.54) is 75.1 Å². The Kier molecular flexibility index (Phi) is 44.7. The van der Waals surface area contributed by atoms with E-state index in [1.54, 1.807) is 206 Å². The number of phenolic OH excluding ortho intramolecular Hbond substituents is 1. The van der Waals surface area contributed by atoms with Crippen LogP contribution in [-0.2, 0) is 54.4 Å². The molecule has 0 radical (unpaired) electrons. The van der Waals surface area contributed by atoms with Crippen LogP contribution in [0.15, 0.2) is 320 Å². The molecule has 2 aliphatic heterocycles. The van der Waals surface area contributed by atoms with E-state index in [0.717, 1.165) is 83.4 Å². The van der Waals surface area contributed by atoms with Gasteiger partial charge in [0.1, 0.15) is 5.75 Å². The highest BCUT2D eigenvalue weighted by Crippen LogP contribution is 2.34. The van der Waals surface area contributed by atoms with Crippen LogP contribution in [0.1, 0.15) is 127 Å². The lowest BCUT2D eigenvalue weighted by atomic mass is 10.0. The van der Waals surface area contributed by atoms with Crippen molar-refractivity contribution in [3.8, 4) is 28.7 Å². The molecule has 23 nitrogen and oxygen atoms in total. The number of nitrogens with one attached hydrogen (secondary N) is 3. The van der Waals surface area contributed by atoms with Crippen molar-refractivity contribution in [2.24, 2.45) is 0 Å². The number of carbonyl (C=O) groups is 12. The predicted octanol–water partition coefficient (Wildman–Crippen LogP) is 22.1. The van der Waals surface area contributed by atoms with Crippen molar-refractivity contribution in [3.05, 3.63) is 396 Å². The standard InChI is InChI=1S/C24H19NO4S.C18H16O3.C17H15NO3.C14H13NO4.2C9H9NO.2C8H8OS/c1-16-5-8-20(30-16)9-10-21(26)18-3-2-4-19(14-18)25-24(27)12-7-17-6-11-22-23(13-17)29-15-28-22;1-13(19)6-7-14-8-10-15(11-9-14)12-18(21)16-4-2-3-5-17(16)20;1-12-2-6-14(7-3-12)18-17(19)9-5-13-4-8-15-16(10-13)21-11-20-15;1-10(16)2-3-11-4-6-12(7-5-11)15-13(17)8-9-14(18)19;1-8(11)2-3-9-4-6-10-7-5-9;1-8(11)4-5-9-3-2-6-10-7-9;1-7(9)2-3-8-4-5-10-6-8;1-7(9)4-5-8-3-2-6-10-8/h2-14H,15H2,1H3,(H,25,27);2-11,20H,12H2,1H3;2-10H,11H2,1H3,(H,18,19);2-9H,1H3,(H,15,17)(H,18,19);2*2-7H,1H3;2*2-6H,1H3/b10-9+,12-7+;7-6+;9-5+;3-2+,9-8+;3-2+;5-4+;3-2+;5-4+. The highest BCUT2D eigenvalue weighted by Gasteiger charge is 2.16. The molecule has 26 heteroatoms. The number of anilines is 3. The maximum absolute atomic E-state index is 12.4. The van der Waals surface area contributed by atoms with Crippen LogP contribution in [-0.4, -0.2) is 104 Å². The van der Waals surface area contributed by atoms with Gasteiger partial charge in [-0.1, -0.05) is 127 Å². The minimum Gasteiger partial charge on any atom is -0.507 e. The molecule has 133 heavy (non-hydrogen) atoms. The van der Waals surface area contributed by atoms with Gasteiger partial charge in [0.25, 0.3) is 0 Å². The number of ketones is 8. The van der Waals surface area contributed by atoms with Crippen molar-refractivity contribution in [3.63, 3.8) is 0 Å². The number of carbonyl (C=O) groups excluding carboxylic acids is 11. The number of aromatic hydroxyl groups is 1. The number of carboxylic acids is 1. The van der Waals surface area contributed by atoms with Gasteiger partial charge in [-0.3, -0.25) is 62.7 Å². The van der Waals surface area contributed by atoms with E-state index in [2.05, 4.69) is 25.9 Å². The van der Waals surface area contributed by atoms with Crippen LogP contribution in [0.4, 0.5) is 17.1 Å². The maximum Gasteiger partial charge on any atom is 0.328 e. The number of allylic oxidation sites excluding steroid dienone is 7. The Morgan fingerprint density at radius 2 is 0.857 bits per heavy atom. The van der Waals surface area contributed by atoms with Crippen molar-refractivity contribution >= 4 is 176 Å². The van der Waals surface area contributed by atoms with Crippen molar-refractivity contribution in [2.75, 3.05) is 29.5 Å². The number of fused-ring (bicyclic) bond motifs is 2. The summed E-state index contributed by atoms with van der Waals surface area (Å²) in [6.07, 6.45) is 38.2. The zero-order valence-electron chi connectivity index (χ0n) is 74.0. The normalized spacial score (nSPS) is 11.3. The number of carboxylic acid groups (broad SMARTS) is 1. The third-order valence-corrected chi connectivity index (χ3v) is 19.7. The molecule has 0 bridgehead atoms.